The molecule has 0 aliphatic carbocycles. The number of nitrogens with zero attached hydrogens (tertiary/aromatic N) is 2. The van der Waals surface area contributed by atoms with Crippen molar-refractivity contribution < 1.29 is 27.5 Å². The molecule has 0 fully saturated rings. The van der Waals surface area contributed by atoms with Crippen molar-refractivity contribution in [1.82, 2.24) is 4.98 Å². The first kappa shape index (κ1) is 17.5. The van der Waals surface area contributed by atoms with Gasteiger partial charge in [-0.15, -0.1) is 0 Å². The molecule has 0 aromatic carbocycles. The number of pyridine rings is 1. The van der Waals surface area contributed by atoms with Crippen molar-refractivity contribution in [2.75, 3.05) is 18.1 Å². The second kappa shape index (κ2) is 6.32. The summed E-state index contributed by atoms with van der Waals surface area (Å²) in [7, 11) is 0. The maximum absolute atomic E-state index is 12.9. The van der Waals surface area contributed by atoms with Gasteiger partial charge in [0, 0.05) is 12.0 Å². The monoisotopic (exact) mass is 351 g/mol. The Hall–Kier alpha value is -1.87. The molecule has 1 aliphatic rings. The quantitative estimate of drug-likeness (QED) is 0.659. The fourth-order valence-corrected chi connectivity index (χ4v) is 2.63. The number of hydrogen-bond donors (Lipinski definition) is 1. The normalized spacial score (nSPS) is 17.1. The van der Waals surface area contributed by atoms with Gasteiger partial charge >= 0.3 is 12.1 Å². The molecule has 6 nitrogen and oxygen atoms in total. The molecule has 10 heteroatoms. The summed E-state index contributed by atoms with van der Waals surface area (Å²) < 4.78 is 43.5. The molecule has 1 amide bonds. The zero-order chi connectivity index (χ0) is 17.4. The summed E-state index contributed by atoms with van der Waals surface area (Å²) in [6.07, 6.45) is -4.82. The number of esters is 1. The number of anilines is 1. The standard InChI is InChI=1S/C13H13ClF3N3O3/c1-2-23-12(22)8-3-6-7(20(8)10(21)5-18)4-9(13(15,16)17)19-11(6)14/h4,8H,2-3,5,18H2,1H3. The largest absolute Gasteiger partial charge is 0.464 e. The predicted octanol–water partition coefficient (Wildman–Crippen LogP) is 1.53. The summed E-state index contributed by atoms with van der Waals surface area (Å²) in [6, 6.07) is -0.419. The number of aromatic nitrogens is 1. The minimum atomic E-state index is -4.74. The fraction of sp³-hybridized carbons (Fsp3) is 0.462. The van der Waals surface area contributed by atoms with Gasteiger partial charge in [0.2, 0.25) is 5.91 Å². The summed E-state index contributed by atoms with van der Waals surface area (Å²) in [5.74, 6) is -1.45. The third-order valence-corrected chi connectivity index (χ3v) is 3.62. The van der Waals surface area contributed by atoms with Crippen molar-refractivity contribution in [3.8, 4) is 0 Å². The summed E-state index contributed by atoms with van der Waals surface area (Å²) in [6.45, 7) is 1.16. The van der Waals surface area contributed by atoms with Gasteiger partial charge in [-0.2, -0.15) is 13.2 Å². The molecular weight excluding hydrogens is 339 g/mol. The number of fused-ring (bicyclic) bond motifs is 1. The molecular formula is C13H13ClF3N3O3. The molecule has 1 atom stereocenters. The van der Waals surface area contributed by atoms with Gasteiger partial charge in [0.05, 0.1) is 18.8 Å². The third kappa shape index (κ3) is 3.25. The van der Waals surface area contributed by atoms with Gasteiger partial charge in [-0.25, -0.2) is 9.78 Å². The highest BCUT2D eigenvalue weighted by Gasteiger charge is 2.43. The van der Waals surface area contributed by atoms with Crippen LogP contribution in [-0.4, -0.2) is 36.1 Å². The van der Waals surface area contributed by atoms with Crippen molar-refractivity contribution in [1.29, 1.82) is 0 Å². The molecule has 1 aromatic heterocycles. The number of amides is 1. The number of ether oxygens (including phenoxy) is 1. The van der Waals surface area contributed by atoms with Gasteiger partial charge in [-0.1, -0.05) is 11.6 Å². The SMILES string of the molecule is CCOC(=O)C1Cc2c(cc(C(F)(F)F)nc2Cl)N1C(=O)CN. The first-order valence-electron chi connectivity index (χ1n) is 6.66. The first-order chi connectivity index (χ1) is 10.7. The van der Waals surface area contributed by atoms with Gasteiger partial charge in [-0.05, 0) is 13.0 Å². The van der Waals surface area contributed by atoms with Crippen LogP contribution in [0.3, 0.4) is 0 Å². The van der Waals surface area contributed by atoms with Crippen molar-refractivity contribution in [3.05, 3.63) is 22.5 Å². The Morgan fingerprint density at radius 1 is 1.52 bits per heavy atom. The Bertz CT molecular complexity index is 651. The smallest absolute Gasteiger partial charge is 0.433 e. The van der Waals surface area contributed by atoms with Gasteiger partial charge in [-0.3, -0.25) is 9.69 Å². The summed E-state index contributed by atoms with van der Waals surface area (Å²) >= 11 is 5.81. The van der Waals surface area contributed by atoms with Crippen LogP contribution < -0.4 is 10.6 Å². The maximum Gasteiger partial charge on any atom is 0.433 e. The van der Waals surface area contributed by atoms with E-state index in [-0.39, 0.29) is 24.3 Å². The zero-order valence-corrected chi connectivity index (χ0v) is 12.7. The van der Waals surface area contributed by atoms with E-state index < -0.39 is 41.5 Å². The van der Waals surface area contributed by atoms with Gasteiger partial charge in [0.1, 0.15) is 16.9 Å². The third-order valence-electron chi connectivity index (χ3n) is 3.31. The molecule has 0 radical (unpaired) electrons. The van der Waals surface area contributed by atoms with Crippen LogP contribution in [0, 0.1) is 0 Å². The van der Waals surface area contributed by atoms with Crippen molar-refractivity contribution in [2.24, 2.45) is 5.73 Å². The lowest BCUT2D eigenvalue weighted by Crippen LogP contribution is -2.46. The van der Waals surface area contributed by atoms with E-state index in [4.69, 9.17) is 22.1 Å². The molecule has 23 heavy (non-hydrogen) atoms. The molecule has 0 saturated heterocycles. The van der Waals surface area contributed by atoms with Crippen LogP contribution in [0.25, 0.3) is 0 Å². The number of nitrogens with two attached hydrogens (primary N) is 1. The highest BCUT2D eigenvalue weighted by molar-refractivity contribution is 6.31. The molecule has 1 aliphatic heterocycles. The highest BCUT2D eigenvalue weighted by Crippen LogP contribution is 2.40. The predicted molar refractivity (Wildman–Crippen MR) is 74.9 cm³/mol. The summed E-state index contributed by atoms with van der Waals surface area (Å²) in [4.78, 5) is 28.2. The second-order valence-corrected chi connectivity index (χ2v) is 5.09. The van der Waals surface area contributed by atoms with Crippen molar-refractivity contribution in [3.63, 3.8) is 0 Å². The molecule has 126 valence electrons. The van der Waals surface area contributed by atoms with E-state index in [1.165, 1.54) is 0 Å². The van der Waals surface area contributed by atoms with E-state index in [2.05, 4.69) is 4.98 Å². The lowest BCUT2D eigenvalue weighted by Gasteiger charge is -2.23. The van der Waals surface area contributed by atoms with Crippen molar-refractivity contribution >= 4 is 29.2 Å². The fourth-order valence-electron chi connectivity index (χ4n) is 2.36. The molecule has 0 spiro atoms. The van der Waals surface area contributed by atoms with Gasteiger partial charge in [0.25, 0.3) is 0 Å². The Morgan fingerprint density at radius 2 is 2.17 bits per heavy atom. The number of alkyl halides is 3. The Kier molecular flexibility index (Phi) is 4.81. The Balaban J connectivity index is 2.54. The van der Waals surface area contributed by atoms with E-state index in [1.54, 1.807) is 6.92 Å². The lowest BCUT2D eigenvalue weighted by molar-refractivity contribution is -0.145. The summed E-state index contributed by atoms with van der Waals surface area (Å²) in [5, 5.41) is -0.406. The van der Waals surface area contributed by atoms with Crippen LogP contribution in [0.2, 0.25) is 5.15 Å². The topological polar surface area (TPSA) is 85.5 Å². The minimum absolute atomic E-state index is 0.0656. The van der Waals surface area contributed by atoms with Gasteiger partial charge in [0.15, 0.2) is 0 Å². The van der Waals surface area contributed by atoms with Crippen LogP contribution in [0.4, 0.5) is 18.9 Å². The van der Waals surface area contributed by atoms with Gasteiger partial charge < -0.3 is 10.5 Å². The number of hydrogen-bond acceptors (Lipinski definition) is 5. The average molecular weight is 352 g/mol. The van der Waals surface area contributed by atoms with Crippen molar-refractivity contribution in [2.45, 2.75) is 25.6 Å². The van der Waals surface area contributed by atoms with E-state index >= 15 is 0 Å². The van der Waals surface area contributed by atoms with Crippen LogP contribution in [-0.2, 0) is 26.9 Å². The molecule has 0 bridgehead atoms. The zero-order valence-electron chi connectivity index (χ0n) is 12.0. The van der Waals surface area contributed by atoms with E-state index in [0.717, 1.165) is 4.90 Å². The minimum Gasteiger partial charge on any atom is -0.464 e. The van der Waals surface area contributed by atoms with E-state index in [9.17, 15) is 22.8 Å². The second-order valence-electron chi connectivity index (χ2n) is 4.73. The van der Waals surface area contributed by atoms with Crippen LogP contribution in [0.5, 0.6) is 0 Å². The number of rotatable bonds is 3. The molecule has 1 aromatic rings. The lowest BCUT2D eigenvalue weighted by atomic mass is 10.1. The van der Waals surface area contributed by atoms with Crippen LogP contribution in [0.1, 0.15) is 18.2 Å². The highest BCUT2D eigenvalue weighted by atomic mass is 35.5. The average Bonchev–Trinajstić information content (AvgIpc) is 2.86. The molecule has 0 saturated carbocycles. The van der Waals surface area contributed by atoms with Crippen LogP contribution >= 0.6 is 11.6 Å². The molecule has 2 rings (SSSR count). The van der Waals surface area contributed by atoms with Crippen LogP contribution in [0.15, 0.2) is 6.07 Å². The molecule has 2 heterocycles. The number of carbonyl (C=O) groups is 2. The first-order valence-corrected chi connectivity index (χ1v) is 7.03. The summed E-state index contributed by atoms with van der Waals surface area (Å²) in [5.41, 5.74) is 4.10. The molecule has 1 unspecified atom stereocenters. The Morgan fingerprint density at radius 3 is 2.70 bits per heavy atom. The van der Waals surface area contributed by atoms with E-state index in [1.807, 2.05) is 0 Å². The number of carbonyl (C=O) groups excluding carboxylic acids is 2. The maximum atomic E-state index is 12.9. The Labute approximate surface area is 134 Å². The van der Waals surface area contributed by atoms with E-state index in [0.29, 0.717) is 6.07 Å². The molecule has 2 N–H and O–H groups in total. The number of halogens is 4.